The van der Waals surface area contributed by atoms with Gasteiger partial charge in [-0.1, -0.05) is 28.1 Å². The maximum atomic E-state index is 14.1. The molecule has 0 aliphatic carbocycles. The molecule has 2 N–H and O–H groups in total. The van der Waals surface area contributed by atoms with Gasteiger partial charge in [0.25, 0.3) is 0 Å². The van der Waals surface area contributed by atoms with E-state index in [0.29, 0.717) is 22.6 Å². The van der Waals surface area contributed by atoms with Crippen molar-refractivity contribution in [1.82, 2.24) is 15.2 Å². The Kier molecular flexibility index (Phi) is 11.1. The number of methoxy groups -OCH3 is 1. The standard InChI is InChI=1S/C37H32BrF2N5O4/c1-44(30-8-10-31(49-2)11-9-30)37(48)34(15-25-13-28(39)18-29(40)14-25)43-35(46)22-45(21-24-5-3-23(19-41)4-6-24)36(47)16-26-20-42-33-12-7-27(38)17-32(26)33/h3-14,17-18,20,34,42H,15-16,21-22H2,1-2H3,(H,43,46). The number of nitrogens with zero attached hydrogens (tertiary/aromatic N) is 3. The van der Waals surface area contributed by atoms with Gasteiger partial charge >= 0.3 is 0 Å². The number of ether oxygens (including phenoxy) is 1. The third-order valence-electron chi connectivity index (χ3n) is 8.00. The molecule has 0 spiro atoms. The number of hydrogen-bond donors (Lipinski definition) is 2. The highest BCUT2D eigenvalue weighted by Gasteiger charge is 2.28. The van der Waals surface area contributed by atoms with Crippen LogP contribution in [0.4, 0.5) is 14.5 Å². The molecule has 0 saturated heterocycles. The molecule has 0 radical (unpaired) electrons. The normalized spacial score (nSPS) is 11.4. The van der Waals surface area contributed by atoms with Gasteiger partial charge in [0.1, 0.15) is 23.4 Å². The van der Waals surface area contributed by atoms with E-state index in [1.165, 1.54) is 24.0 Å². The summed E-state index contributed by atoms with van der Waals surface area (Å²) in [6, 6.07) is 22.7. The molecule has 1 aromatic heterocycles. The molecule has 0 fully saturated rings. The van der Waals surface area contributed by atoms with Crippen LogP contribution >= 0.6 is 15.9 Å². The summed E-state index contributed by atoms with van der Waals surface area (Å²) in [4.78, 5) is 47.2. The minimum atomic E-state index is -1.24. The average molecular weight is 729 g/mol. The highest BCUT2D eigenvalue weighted by atomic mass is 79.9. The molecule has 250 valence electrons. The van der Waals surface area contributed by atoms with E-state index >= 15 is 0 Å². The van der Waals surface area contributed by atoms with E-state index in [1.807, 2.05) is 18.2 Å². The number of aromatic nitrogens is 1. The summed E-state index contributed by atoms with van der Waals surface area (Å²) >= 11 is 3.47. The van der Waals surface area contributed by atoms with E-state index in [0.717, 1.165) is 39.1 Å². The molecule has 0 aliphatic rings. The number of nitriles is 1. The predicted molar refractivity (Wildman–Crippen MR) is 185 cm³/mol. The van der Waals surface area contributed by atoms with Crippen molar-refractivity contribution in [3.8, 4) is 11.8 Å². The fourth-order valence-electron chi connectivity index (χ4n) is 5.45. The SMILES string of the molecule is COc1ccc(N(C)C(=O)C(Cc2cc(F)cc(F)c2)NC(=O)CN(Cc2ccc(C#N)cc2)C(=O)Cc2c[nH]c3ccc(Br)cc23)cc1. The second-order valence-electron chi connectivity index (χ2n) is 11.4. The quantitative estimate of drug-likeness (QED) is 0.162. The number of anilines is 1. The largest absolute Gasteiger partial charge is 0.497 e. The second kappa shape index (κ2) is 15.6. The number of hydrogen-bond acceptors (Lipinski definition) is 5. The van der Waals surface area contributed by atoms with Crippen LogP contribution in [0.2, 0.25) is 0 Å². The van der Waals surface area contributed by atoms with Crippen molar-refractivity contribution in [2.75, 3.05) is 25.6 Å². The Hall–Kier alpha value is -5.54. The van der Waals surface area contributed by atoms with Gasteiger partial charge in [-0.3, -0.25) is 14.4 Å². The number of fused-ring (bicyclic) bond motifs is 1. The van der Waals surface area contributed by atoms with Crippen LogP contribution < -0.4 is 15.0 Å². The van der Waals surface area contributed by atoms with Crippen LogP contribution in [0, 0.1) is 23.0 Å². The first-order chi connectivity index (χ1) is 23.5. The first-order valence-corrected chi connectivity index (χ1v) is 16.0. The summed E-state index contributed by atoms with van der Waals surface area (Å²) in [7, 11) is 3.04. The Balaban J connectivity index is 1.40. The number of likely N-dealkylation sites (N-methyl/N-ethyl adjacent to an activating group) is 1. The number of benzene rings is 4. The Morgan fingerprint density at radius 3 is 2.31 bits per heavy atom. The fraction of sp³-hybridized carbons (Fsp3) is 0.189. The van der Waals surface area contributed by atoms with Crippen LogP contribution in [0.1, 0.15) is 22.3 Å². The van der Waals surface area contributed by atoms with E-state index in [2.05, 4.69) is 32.3 Å². The highest BCUT2D eigenvalue weighted by Crippen LogP contribution is 2.24. The zero-order chi connectivity index (χ0) is 35.1. The Morgan fingerprint density at radius 1 is 0.959 bits per heavy atom. The Bertz CT molecular complexity index is 2010. The van der Waals surface area contributed by atoms with Crippen LogP contribution in [-0.4, -0.2) is 54.3 Å². The molecular weight excluding hydrogens is 696 g/mol. The highest BCUT2D eigenvalue weighted by molar-refractivity contribution is 9.10. The predicted octanol–water partition coefficient (Wildman–Crippen LogP) is 6.05. The molecule has 1 heterocycles. The lowest BCUT2D eigenvalue weighted by molar-refractivity contribution is -0.136. The first-order valence-electron chi connectivity index (χ1n) is 15.2. The van der Waals surface area contributed by atoms with E-state index in [9.17, 15) is 28.4 Å². The molecule has 4 aromatic carbocycles. The maximum absolute atomic E-state index is 14.1. The first kappa shape index (κ1) is 34.8. The van der Waals surface area contributed by atoms with Crippen molar-refractivity contribution < 1.29 is 27.9 Å². The lowest BCUT2D eigenvalue weighted by atomic mass is 10.0. The molecule has 1 unspecified atom stereocenters. The lowest BCUT2D eigenvalue weighted by Gasteiger charge is -2.27. The molecule has 1 atom stereocenters. The van der Waals surface area contributed by atoms with Crippen molar-refractivity contribution in [1.29, 1.82) is 5.26 Å². The van der Waals surface area contributed by atoms with E-state index in [1.54, 1.807) is 54.7 Å². The van der Waals surface area contributed by atoms with Crippen molar-refractivity contribution in [3.05, 3.63) is 129 Å². The van der Waals surface area contributed by atoms with Crippen molar-refractivity contribution >= 4 is 50.2 Å². The zero-order valence-corrected chi connectivity index (χ0v) is 28.3. The fourth-order valence-corrected chi connectivity index (χ4v) is 5.81. The number of rotatable bonds is 12. The number of carbonyl (C=O) groups is 3. The molecule has 49 heavy (non-hydrogen) atoms. The van der Waals surface area contributed by atoms with Crippen molar-refractivity contribution in [3.63, 3.8) is 0 Å². The third-order valence-corrected chi connectivity index (χ3v) is 8.49. The van der Waals surface area contributed by atoms with Crippen LogP contribution in [0.5, 0.6) is 5.75 Å². The molecule has 0 aliphatic heterocycles. The van der Waals surface area contributed by atoms with Gasteiger partial charge in [-0.05, 0) is 83.4 Å². The molecule has 0 saturated carbocycles. The monoisotopic (exact) mass is 727 g/mol. The van der Waals surface area contributed by atoms with Crippen LogP contribution in [-0.2, 0) is 33.8 Å². The van der Waals surface area contributed by atoms with Gasteiger partial charge in [-0.2, -0.15) is 5.26 Å². The van der Waals surface area contributed by atoms with Crippen LogP contribution in [0.15, 0.2) is 95.6 Å². The van der Waals surface area contributed by atoms with E-state index in [-0.39, 0.29) is 30.9 Å². The summed E-state index contributed by atoms with van der Waals surface area (Å²) in [5.41, 5.74) is 3.37. The molecule has 0 bridgehead atoms. The Labute approximate surface area is 290 Å². The summed E-state index contributed by atoms with van der Waals surface area (Å²) in [5, 5.41) is 12.8. The summed E-state index contributed by atoms with van der Waals surface area (Å²) in [6.45, 7) is -0.373. The van der Waals surface area contributed by atoms with Gasteiger partial charge in [0.05, 0.1) is 31.7 Å². The van der Waals surface area contributed by atoms with Gasteiger partial charge < -0.3 is 24.8 Å². The molecule has 5 aromatic rings. The van der Waals surface area contributed by atoms with Crippen LogP contribution in [0.3, 0.4) is 0 Å². The van der Waals surface area contributed by atoms with E-state index < -0.39 is 36.0 Å². The van der Waals surface area contributed by atoms with Gasteiger partial charge in [0, 0.05) is 53.3 Å². The lowest BCUT2D eigenvalue weighted by Crippen LogP contribution is -2.51. The smallest absolute Gasteiger partial charge is 0.249 e. The van der Waals surface area contributed by atoms with Gasteiger partial charge in [0.15, 0.2) is 0 Å². The number of nitrogens with one attached hydrogen (secondary N) is 2. The molecular formula is C37H32BrF2N5O4. The van der Waals surface area contributed by atoms with Crippen molar-refractivity contribution in [2.24, 2.45) is 0 Å². The topological polar surface area (TPSA) is 119 Å². The second-order valence-corrected chi connectivity index (χ2v) is 12.4. The minimum absolute atomic E-state index is 0.0227. The van der Waals surface area contributed by atoms with Gasteiger partial charge in [0.2, 0.25) is 17.7 Å². The van der Waals surface area contributed by atoms with Crippen LogP contribution in [0.25, 0.3) is 10.9 Å². The third kappa shape index (κ3) is 8.88. The average Bonchev–Trinajstić information content (AvgIpc) is 3.48. The molecule has 5 rings (SSSR count). The molecule has 9 nitrogen and oxygen atoms in total. The number of amides is 3. The summed E-state index contributed by atoms with van der Waals surface area (Å²) < 4.78 is 34.3. The number of aromatic amines is 1. The van der Waals surface area contributed by atoms with Crippen molar-refractivity contribution in [2.45, 2.75) is 25.4 Å². The van der Waals surface area contributed by atoms with E-state index in [4.69, 9.17) is 4.74 Å². The number of H-pyrrole nitrogens is 1. The number of halogens is 3. The Morgan fingerprint density at radius 2 is 1.65 bits per heavy atom. The molecule has 12 heteroatoms. The number of carbonyl (C=O) groups excluding carboxylic acids is 3. The summed E-state index contributed by atoms with van der Waals surface area (Å²) in [5.74, 6) is -2.61. The minimum Gasteiger partial charge on any atom is -0.497 e. The van der Waals surface area contributed by atoms with Gasteiger partial charge in [-0.15, -0.1) is 0 Å². The summed E-state index contributed by atoms with van der Waals surface area (Å²) in [6.07, 6.45) is 1.51. The van der Waals surface area contributed by atoms with Gasteiger partial charge in [-0.25, -0.2) is 8.78 Å². The maximum Gasteiger partial charge on any atom is 0.249 e. The zero-order valence-electron chi connectivity index (χ0n) is 26.7. The molecule has 3 amide bonds.